The van der Waals surface area contributed by atoms with Crippen molar-refractivity contribution in [1.29, 1.82) is 0 Å². The van der Waals surface area contributed by atoms with Crippen LogP contribution in [0.5, 0.6) is 0 Å². The average Bonchev–Trinajstić information content (AvgIpc) is 2.74. The van der Waals surface area contributed by atoms with E-state index in [9.17, 15) is 18.0 Å². The van der Waals surface area contributed by atoms with Crippen molar-refractivity contribution in [3.05, 3.63) is 21.9 Å². The number of ketones is 1. The van der Waals surface area contributed by atoms with E-state index in [1.807, 2.05) is 13.0 Å². The molecule has 0 saturated heterocycles. The molecule has 0 aromatic carbocycles. The maximum Gasteiger partial charge on any atom is 0.391 e. The van der Waals surface area contributed by atoms with Crippen molar-refractivity contribution in [1.82, 2.24) is 0 Å². The summed E-state index contributed by atoms with van der Waals surface area (Å²) >= 11 is 1.50. The predicted molar refractivity (Wildman–Crippen MR) is 64.9 cm³/mol. The highest BCUT2D eigenvalue weighted by molar-refractivity contribution is 7.10. The summed E-state index contributed by atoms with van der Waals surface area (Å²) in [6.07, 6.45) is -3.21. The minimum Gasteiger partial charge on any atom is -0.294 e. The average molecular weight is 276 g/mol. The van der Waals surface area contributed by atoms with Gasteiger partial charge in [-0.3, -0.25) is 4.79 Å². The van der Waals surface area contributed by atoms with Gasteiger partial charge in [0.05, 0.1) is 5.92 Å². The van der Waals surface area contributed by atoms with Gasteiger partial charge in [0.25, 0.3) is 0 Å². The van der Waals surface area contributed by atoms with Crippen molar-refractivity contribution in [3.63, 3.8) is 0 Å². The van der Waals surface area contributed by atoms with Gasteiger partial charge in [0.15, 0.2) is 5.78 Å². The molecule has 1 aromatic rings. The molecular weight excluding hydrogens is 261 g/mol. The van der Waals surface area contributed by atoms with E-state index >= 15 is 0 Å². The van der Waals surface area contributed by atoms with Gasteiger partial charge in [-0.25, -0.2) is 0 Å². The second kappa shape index (κ2) is 5.03. The number of Topliss-reactive ketones (excluding diaryl/α,β-unsaturated/α-hetero) is 1. The molecule has 0 atom stereocenters. The van der Waals surface area contributed by atoms with Gasteiger partial charge in [0, 0.05) is 21.7 Å². The molecule has 5 heteroatoms. The lowest BCUT2D eigenvalue weighted by atomic mass is 9.78. The summed E-state index contributed by atoms with van der Waals surface area (Å²) in [6, 6.07) is 1.82. The standard InChI is InChI=1S/C13H15F3OS/c1-8-6-10(7-18-8)12(17)9-2-4-11(5-3-9)13(14,15)16/h6-7,9,11H,2-5H2,1H3. The summed E-state index contributed by atoms with van der Waals surface area (Å²) in [5.74, 6) is -1.43. The highest BCUT2D eigenvalue weighted by Crippen LogP contribution is 2.40. The highest BCUT2D eigenvalue weighted by Gasteiger charge is 2.42. The minimum absolute atomic E-state index is 0.0139. The summed E-state index contributed by atoms with van der Waals surface area (Å²) in [6.45, 7) is 1.92. The molecule has 1 aromatic heterocycles. The van der Waals surface area contributed by atoms with Crippen LogP contribution in [0.15, 0.2) is 11.4 Å². The van der Waals surface area contributed by atoms with Crippen LogP contribution in [0.2, 0.25) is 0 Å². The van der Waals surface area contributed by atoms with Crippen molar-refractivity contribution < 1.29 is 18.0 Å². The number of hydrogen-bond acceptors (Lipinski definition) is 2. The van der Waals surface area contributed by atoms with E-state index < -0.39 is 12.1 Å². The molecule has 0 N–H and O–H groups in total. The fourth-order valence-electron chi connectivity index (χ4n) is 2.49. The quantitative estimate of drug-likeness (QED) is 0.721. The molecule has 1 aliphatic carbocycles. The molecule has 1 heterocycles. The van der Waals surface area contributed by atoms with Gasteiger partial charge in [-0.05, 0) is 38.7 Å². The molecule has 100 valence electrons. The Morgan fingerprint density at radius 3 is 2.33 bits per heavy atom. The van der Waals surface area contributed by atoms with E-state index in [4.69, 9.17) is 0 Å². The third kappa shape index (κ3) is 2.94. The van der Waals surface area contributed by atoms with Crippen LogP contribution in [0.3, 0.4) is 0 Å². The van der Waals surface area contributed by atoms with Gasteiger partial charge in [-0.15, -0.1) is 11.3 Å². The number of hydrogen-bond donors (Lipinski definition) is 0. The lowest BCUT2D eigenvalue weighted by molar-refractivity contribution is -0.183. The first kappa shape index (κ1) is 13.6. The van der Waals surface area contributed by atoms with Crippen LogP contribution in [-0.2, 0) is 0 Å². The second-order valence-corrected chi connectivity index (χ2v) is 6.02. The Bertz CT molecular complexity index is 428. The number of carbonyl (C=O) groups is 1. The minimum atomic E-state index is -4.10. The van der Waals surface area contributed by atoms with Crippen molar-refractivity contribution in [2.24, 2.45) is 11.8 Å². The van der Waals surface area contributed by atoms with Gasteiger partial charge < -0.3 is 0 Å². The second-order valence-electron chi connectivity index (χ2n) is 4.90. The summed E-state index contributed by atoms with van der Waals surface area (Å²) in [4.78, 5) is 13.2. The van der Waals surface area contributed by atoms with E-state index in [0.717, 1.165) is 4.88 Å². The molecule has 0 radical (unpaired) electrons. The Balaban J connectivity index is 1.96. The first-order chi connectivity index (χ1) is 8.38. The summed E-state index contributed by atoms with van der Waals surface area (Å²) < 4.78 is 37.5. The fourth-order valence-corrected chi connectivity index (χ4v) is 3.18. The monoisotopic (exact) mass is 276 g/mol. The van der Waals surface area contributed by atoms with Gasteiger partial charge in [0.2, 0.25) is 0 Å². The molecule has 18 heavy (non-hydrogen) atoms. The van der Waals surface area contributed by atoms with Crippen LogP contribution in [0.25, 0.3) is 0 Å². The molecule has 1 fully saturated rings. The molecule has 2 rings (SSSR count). The third-order valence-electron chi connectivity index (χ3n) is 3.58. The number of thiophene rings is 1. The summed E-state index contributed by atoms with van der Waals surface area (Å²) in [5.41, 5.74) is 0.660. The zero-order chi connectivity index (χ0) is 13.3. The third-order valence-corrected chi connectivity index (χ3v) is 4.44. The molecule has 0 bridgehead atoms. The van der Waals surface area contributed by atoms with E-state index in [0.29, 0.717) is 18.4 Å². The van der Waals surface area contributed by atoms with Gasteiger partial charge in [-0.1, -0.05) is 0 Å². The topological polar surface area (TPSA) is 17.1 Å². The molecule has 1 nitrogen and oxygen atoms in total. The van der Waals surface area contributed by atoms with Gasteiger partial charge >= 0.3 is 6.18 Å². The van der Waals surface area contributed by atoms with Crippen LogP contribution in [0, 0.1) is 18.8 Å². The maximum atomic E-state index is 12.5. The van der Waals surface area contributed by atoms with Crippen LogP contribution in [-0.4, -0.2) is 12.0 Å². The number of halogens is 3. The Labute approximate surface area is 108 Å². The lowest BCUT2D eigenvalue weighted by Crippen LogP contribution is -2.30. The van der Waals surface area contributed by atoms with E-state index in [-0.39, 0.29) is 24.5 Å². The van der Waals surface area contributed by atoms with Gasteiger partial charge in [0.1, 0.15) is 0 Å². The molecular formula is C13H15F3OS. The molecule has 0 amide bonds. The molecule has 0 unspecified atom stereocenters. The van der Waals surface area contributed by atoms with Crippen LogP contribution >= 0.6 is 11.3 Å². The van der Waals surface area contributed by atoms with Crippen LogP contribution < -0.4 is 0 Å². The van der Waals surface area contributed by atoms with Crippen molar-refractivity contribution in [3.8, 4) is 0 Å². The number of aryl methyl sites for hydroxylation is 1. The first-order valence-electron chi connectivity index (χ1n) is 6.04. The van der Waals surface area contributed by atoms with Crippen molar-refractivity contribution >= 4 is 17.1 Å². The molecule has 0 spiro atoms. The maximum absolute atomic E-state index is 12.5. The Kier molecular flexibility index (Phi) is 3.80. The zero-order valence-electron chi connectivity index (χ0n) is 10.1. The molecule has 1 saturated carbocycles. The number of alkyl halides is 3. The normalized spacial score (nSPS) is 25.1. The first-order valence-corrected chi connectivity index (χ1v) is 6.92. The highest BCUT2D eigenvalue weighted by atomic mass is 32.1. The summed E-state index contributed by atoms with van der Waals surface area (Å²) in [5, 5.41) is 1.80. The lowest BCUT2D eigenvalue weighted by Gasteiger charge is -2.28. The predicted octanol–water partition coefficient (Wildman–Crippen LogP) is 4.61. The summed E-state index contributed by atoms with van der Waals surface area (Å²) in [7, 11) is 0. The van der Waals surface area contributed by atoms with Crippen molar-refractivity contribution in [2.75, 3.05) is 0 Å². The van der Waals surface area contributed by atoms with Crippen LogP contribution in [0.4, 0.5) is 13.2 Å². The van der Waals surface area contributed by atoms with Gasteiger partial charge in [-0.2, -0.15) is 13.2 Å². The SMILES string of the molecule is Cc1cc(C(=O)C2CCC(C(F)(F)F)CC2)cs1. The number of carbonyl (C=O) groups excluding carboxylic acids is 1. The Hall–Kier alpha value is -0.840. The Morgan fingerprint density at radius 2 is 1.89 bits per heavy atom. The molecule has 1 aliphatic rings. The van der Waals surface area contributed by atoms with E-state index in [1.54, 1.807) is 5.38 Å². The smallest absolute Gasteiger partial charge is 0.294 e. The van der Waals surface area contributed by atoms with Crippen molar-refractivity contribution in [2.45, 2.75) is 38.8 Å². The number of rotatable bonds is 2. The Morgan fingerprint density at radius 1 is 1.28 bits per heavy atom. The largest absolute Gasteiger partial charge is 0.391 e. The van der Waals surface area contributed by atoms with E-state index in [1.165, 1.54) is 11.3 Å². The molecule has 0 aliphatic heterocycles. The zero-order valence-corrected chi connectivity index (χ0v) is 10.9. The van der Waals surface area contributed by atoms with E-state index in [2.05, 4.69) is 0 Å². The fraction of sp³-hybridized carbons (Fsp3) is 0.615. The van der Waals surface area contributed by atoms with Crippen LogP contribution in [0.1, 0.15) is 40.9 Å².